The van der Waals surface area contributed by atoms with Crippen molar-refractivity contribution >= 4 is 5.97 Å². The number of benzene rings is 2. The quantitative estimate of drug-likeness (QED) is 0.450. The van der Waals surface area contributed by atoms with Gasteiger partial charge in [-0.05, 0) is 75.2 Å². The molecule has 0 amide bonds. The number of hydrogen-bond donors (Lipinski definition) is 0. The molecule has 0 spiro atoms. The van der Waals surface area contributed by atoms with E-state index >= 15 is 0 Å². The molecule has 2 atom stereocenters. The van der Waals surface area contributed by atoms with Crippen molar-refractivity contribution in [1.82, 2.24) is 0 Å². The molecule has 0 N–H and O–H groups in total. The summed E-state index contributed by atoms with van der Waals surface area (Å²) in [7, 11) is 0. The van der Waals surface area contributed by atoms with Crippen molar-refractivity contribution < 1.29 is 32.2 Å². The summed E-state index contributed by atoms with van der Waals surface area (Å²) in [4.78, 5) is 11.7. The third kappa shape index (κ3) is 7.68. The summed E-state index contributed by atoms with van der Waals surface area (Å²) >= 11 is 0. The minimum absolute atomic E-state index is 0.0871. The number of carbonyl (C=O) groups is 1. The van der Waals surface area contributed by atoms with Crippen LogP contribution in [0.2, 0.25) is 0 Å². The molecule has 2 aromatic rings. The molecule has 158 valence electrons. The fourth-order valence-corrected chi connectivity index (χ4v) is 2.41. The molecule has 7 heteroatoms. The Balaban J connectivity index is 1.83. The van der Waals surface area contributed by atoms with Gasteiger partial charge in [0.1, 0.15) is 17.2 Å². The van der Waals surface area contributed by atoms with Crippen LogP contribution in [0.4, 0.5) is 13.2 Å². The van der Waals surface area contributed by atoms with Gasteiger partial charge >= 0.3 is 12.1 Å². The first-order valence-corrected chi connectivity index (χ1v) is 9.48. The summed E-state index contributed by atoms with van der Waals surface area (Å²) in [5.74, 6) is 1.14. The van der Waals surface area contributed by atoms with E-state index in [9.17, 15) is 18.0 Å². The van der Waals surface area contributed by atoms with Crippen molar-refractivity contribution in [2.75, 3.05) is 0 Å². The second kappa shape index (κ2) is 10.2. The summed E-state index contributed by atoms with van der Waals surface area (Å²) in [5, 5.41) is 0. The molecule has 0 heterocycles. The van der Waals surface area contributed by atoms with Gasteiger partial charge in [0, 0.05) is 6.42 Å². The summed E-state index contributed by atoms with van der Waals surface area (Å²) < 4.78 is 54.3. The average molecular weight is 410 g/mol. The Hall–Kier alpha value is -2.70. The molecule has 0 aliphatic heterocycles. The number of ether oxygens (including phenoxy) is 3. The summed E-state index contributed by atoms with van der Waals surface area (Å²) in [6.07, 6.45) is -3.06. The highest BCUT2D eigenvalue weighted by Gasteiger charge is 2.30. The SMILES string of the molecule is CCC(C)OC(=O)CCC(C)Oc1ccc(Oc2ccc(C(F)(F)F)cc2)cc1. The topological polar surface area (TPSA) is 44.8 Å². The normalized spacial score (nSPS) is 13.4. The molecule has 2 unspecified atom stereocenters. The van der Waals surface area contributed by atoms with Crippen molar-refractivity contribution in [2.24, 2.45) is 0 Å². The molecule has 0 aliphatic carbocycles. The molecule has 2 rings (SSSR count). The van der Waals surface area contributed by atoms with Gasteiger partial charge in [0.05, 0.1) is 17.8 Å². The molecular formula is C22H25F3O4. The zero-order valence-electron chi connectivity index (χ0n) is 16.7. The molecular weight excluding hydrogens is 385 g/mol. The molecule has 0 saturated heterocycles. The van der Waals surface area contributed by atoms with E-state index in [-0.39, 0.29) is 24.6 Å². The maximum atomic E-state index is 12.6. The molecule has 0 bridgehead atoms. The van der Waals surface area contributed by atoms with E-state index in [0.29, 0.717) is 23.7 Å². The number of carbonyl (C=O) groups excluding carboxylic acids is 1. The molecule has 2 aromatic carbocycles. The van der Waals surface area contributed by atoms with Gasteiger partial charge in [-0.15, -0.1) is 0 Å². The molecule has 0 radical (unpaired) electrons. The van der Waals surface area contributed by atoms with Gasteiger partial charge in [0.2, 0.25) is 0 Å². The van der Waals surface area contributed by atoms with Crippen LogP contribution in [0.1, 0.15) is 45.6 Å². The number of hydrogen-bond acceptors (Lipinski definition) is 4. The second-order valence-electron chi connectivity index (χ2n) is 6.77. The Morgan fingerprint density at radius 3 is 1.93 bits per heavy atom. The number of rotatable bonds is 9. The maximum absolute atomic E-state index is 12.6. The van der Waals surface area contributed by atoms with Crippen LogP contribution >= 0.6 is 0 Å². The molecule has 29 heavy (non-hydrogen) atoms. The van der Waals surface area contributed by atoms with E-state index in [2.05, 4.69) is 0 Å². The molecule has 4 nitrogen and oxygen atoms in total. The van der Waals surface area contributed by atoms with Crippen molar-refractivity contribution in [3.05, 3.63) is 54.1 Å². The highest BCUT2D eigenvalue weighted by molar-refractivity contribution is 5.69. The van der Waals surface area contributed by atoms with Crippen LogP contribution in [-0.4, -0.2) is 18.2 Å². The minimum atomic E-state index is -4.38. The first-order chi connectivity index (χ1) is 13.7. The fraction of sp³-hybridized carbons (Fsp3) is 0.409. The lowest BCUT2D eigenvalue weighted by molar-refractivity contribution is -0.148. The number of esters is 1. The van der Waals surface area contributed by atoms with Gasteiger partial charge < -0.3 is 14.2 Å². The lowest BCUT2D eigenvalue weighted by Crippen LogP contribution is -2.18. The molecule has 0 saturated carbocycles. The van der Waals surface area contributed by atoms with Crippen LogP contribution in [0.5, 0.6) is 17.2 Å². The third-order valence-corrected chi connectivity index (χ3v) is 4.24. The van der Waals surface area contributed by atoms with E-state index in [0.717, 1.165) is 18.6 Å². The first kappa shape index (κ1) is 22.6. The van der Waals surface area contributed by atoms with Crippen LogP contribution in [0, 0.1) is 0 Å². The Labute approximate surface area is 168 Å². The molecule has 0 aromatic heterocycles. The van der Waals surface area contributed by atoms with Crippen molar-refractivity contribution in [2.45, 2.75) is 58.4 Å². The van der Waals surface area contributed by atoms with Gasteiger partial charge in [-0.3, -0.25) is 4.79 Å². The van der Waals surface area contributed by atoms with Crippen LogP contribution in [0.25, 0.3) is 0 Å². The van der Waals surface area contributed by atoms with Crippen LogP contribution in [0.15, 0.2) is 48.5 Å². The Morgan fingerprint density at radius 2 is 1.41 bits per heavy atom. The zero-order chi connectivity index (χ0) is 21.4. The van der Waals surface area contributed by atoms with E-state index in [1.165, 1.54) is 12.1 Å². The second-order valence-corrected chi connectivity index (χ2v) is 6.77. The van der Waals surface area contributed by atoms with E-state index in [1.54, 1.807) is 24.3 Å². The van der Waals surface area contributed by atoms with Crippen molar-refractivity contribution in [3.8, 4) is 17.2 Å². The van der Waals surface area contributed by atoms with Gasteiger partial charge in [0.15, 0.2) is 0 Å². The van der Waals surface area contributed by atoms with E-state index in [4.69, 9.17) is 14.2 Å². The number of alkyl halides is 3. The summed E-state index contributed by atoms with van der Waals surface area (Å²) in [6, 6.07) is 11.2. The largest absolute Gasteiger partial charge is 0.491 e. The van der Waals surface area contributed by atoms with E-state index < -0.39 is 11.7 Å². The monoisotopic (exact) mass is 410 g/mol. The average Bonchev–Trinajstić information content (AvgIpc) is 2.67. The fourth-order valence-electron chi connectivity index (χ4n) is 2.41. The number of halogens is 3. The van der Waals surface area contributed by atoms with Crippen molar-refractivity contribution in [1.29, 1.82) is 0 Å². The lowest BCUT2D eigenvalue weighted by atomic mass is 10.2. The standard InChI is InChI=1S/C22H25F3O4/c1-4-15(2)28-21(26)14-5-16(3)27-18-10-12-20(13-11-18)29-19-8-6-17(7-9-19)22(23,24)25/h6-13,15-16H,4-5,14H2,1-3H3. The summed E-state index contributed by atoms with van der Waals surface area (Å²) in [6.45, 7) is 5.67. The predicted octanol–water partition coefficient (Wildman–Crippen LogP) is 6.39. The maximum Gasteiger partial charge on any atom is 0.416 e. The van der Waals surface area contributed by atoms with Crippen LogP contribution < -0.4 is 9.47 Å². The lowest BCUT2D eigenvalue weighted by Gasteiger charge is -2.16. The highest BCUT2D eigenvalue weighted by atomic mass is 19.4. The Kier molecular flexibility index (Phi) is 7.93. The summed E-state index contributed by atoms with van der Waals surface area (Å²) in [5.41, 5.74) is -0.726. The Morgan fingerprint density at radius 1 is 0.897 bits per heavy atom. The highest BCUT2D eigenvalue weighted by Crippen LogP contribution is 2.31. The molecule has 0 fully saturated rings. The van der Waals surface area contributed by atoms with Crippen LogP contribution in [-0.2, 0) is 15.7 Å². The minimum Gasteiger partial charge on any atom is -0.491 e. The van der Waals surface area contributed by atoms with Gasteiger partial charge in [-0.2, -0.15) is 13.2 Å². The van der Waals surface area contributed by atoms with Gasteiger partial charge in [-0.1, -0.05) is 6.92 Å². The van der Waals surface area contributed by atoms with Gasteiger partial charge in [-0.25, -0.2) is 0 Å². The third-order valence-electron chi connectivity index (χ3n) is 4.24. The zero-order valence-corrected chi connectivity index (χ0v) is 16.7. The van der Waals surface area contributed by atoms with Gasteiger partial charge in [0.25, 0.3) is 0 Å². The predicted molar refractivity (Wildman–Crippen MR) is 103 cm³/mol. The van der Waals surface area contributed by atoms with Crippen molar-refractivity contribution in [3.63, 3.8) is 0 Å². The smallest absolute Gasteiger partial charge is 0.416 e. The first-order valence-electron chi connectivity index (χ1n) is 9.48. The Bertz CT molecular complexity index is 770. The van der Waals surface area contributed by atoms with Crippen LogP contribution in [0.3, 0.4) is 0 Å². The van der Waals surface area contributed by atoms with E-state index in [1.807, 2.05) is 20.8 Å². The molecule has 0 aliphatic rings.